The minimum Gasteiger partial charge on any atom is -0.507 e. The van der Waals surface area contributed by atoms with E-state index in [1.54, 1.807) is 41.7 Å². The van der Waals surface area contributed by atoms with Crippen LogP contribution in [0.15, 0.2) is 72.8 Å². The van der Waals surface area contributed by atoms with Gasteiger partial charge < -0.3 is 19.5 Å². The molecule has 4 rings (SSSR count). The molecule has 33 heavy (non-hydrogen) atoms. The van der Waals surface area contributed by atoms with Crippen molar-refractivity contribution in [3.63, 3.8) is 0 Å². The molecule has 0 spiro atoms. The molecule has 170 valence electrons. The normalized spacial score (nSPS) is 17.5. The van der Waals surface area contributed by atoms with Crippen LogP contribution in [-0.2, 0) is 16.1 Å². The van der Waals surface area contributed by atoms with E-state index in [9.17, 15) is 14.7 Å². The quantitative estimate of drug-likeness (QED) is 0.323. The summed E-state index contributed by atoms with van der Waals surface area (Å²) in [5, 5.41) is 11.6. The molecule has 2 heterocycles. The highest BCUT2D eigenvalue weighted by atomic mass is 35.5. The zero-order valence-electron chi connectivity index (χ0n) is 18.5. The summed E-state index contributed by atoms with van der Waals surface area (Å²) in [6.45, 7) is 1.02. The Labute approximate surface area is 197 Å². The van der Waals surface area contributed by atoms with E-state index in [0.717, 1.165) is 11.3 Å². The first-order valence-electron chi connectivity index (χ1n) is 10.6. The van der Waals surface area contributed by atoms with Gasteiger partial charge in [-0.15, -0.1) is 0 Å². The topological polar surface area (TPSA) is 78.7 Å². The minimum atomic E-state index is -0.688. The third kappa shape index (κ3) is 4.64. The molecule has 0 saturated carbocycles. The number of aromatic nitrogens is 2. The third-order valence-electron chi connectivity index (χ3n) is 5.76. The third-order valence-corrected chi connectivity index (χ3v) is 6.01. The second kappa shape index (κ2) is 9.50. The molecular weight excluding hydrogens is 440 g/mol. The van der Waals surface area contributed by atoms with Gasteiger partial charge in [0.2, 0.25) is 0 Å². The first-order chi connectivity index (χ1) is 15.9. The number of aliphatic hydroxyl groups is 1. The maximum atomic E-state index is 13.1. The minimum absolute atomic E-state index is 0.0857. The zero-order chi connectivity index (χ0) is 23.5. The van der Waals surface area contributed by atoms with E-state index in [-0.39, 0.29) is 11.3 Å². The smallest absolute Gasteiger partial charge is 0.295 e. The van der Waals surface area contributed by atoms with Gasteiger partial charge in [0.1, 0.15) is 5.76 Å². The number of anilines is 1. The number of hydrogen-bond donors (Lipinski definition) is 1. The van der Waals surface area contributed by atoms with Gasteiger partial charge in [0.05, 0.1) is 17.9 Å². The standard InChI is InChI=1S/C25H25ClN4O3/c1-28(2)20-10-6-17(7-11-20)22-21(23(31)18-4-8-19(26)9-5-18)24(32)25(33)30(22)14-3-13-29-15-12-27-16-29/h4-12,15-16,22,31H,3,13-14H2,1-2H3/b23-21+. The first-order valence-corrected chi connectivity index (χ1v) is 11.0. The van der Waals surface area contributed by atoms with Crippen LogP contribution in [0.2, 0.25) is 5.02 Å². The van der Waals surface area contributed by atoms with E-state index < -0.39 is 17.7 Å². The Morgan fingerprint density at radius 3 is 2.36 bits per heavy atom. The van der Waals surface area contributed by atoms with Gasteiger partial charge >= 0.3 is 0 Å². The molecule has 7 nitrogen and oxygen atoms in total. The maximum absolute atomic E-state index is 13.1. The maximum Gasteiger partial charge on any atom is 0.295 e. The Kier molecular flexibility index (Phi) is 6.51. The van der Waals surface area contributed by atoms with Crippen molar-refractivity contribution in [1.82, 2.24) is 14.5 Å². The molecular formula is C25H25ClN4O3. The fraction of sp³-hybridized carbons (Fsp3) is 0.240. The molecule has 1 unspecified atom stereocenters. The largest absolute Gasteiger partial charge is 0.507 e. The van der Waals surface area contributed by atoms with Gasteiger partial charge in [-0.3, -0.25) is 9.59 Å². The highest BCUT2D eigenvalue weighted by Gasteiger charge is 2.45. The number of carbonyl (C=O) groups excluding carboxylic acids is 2. The summed E-state index contributed by atoms with van der Waals surface area (Å²) in [5.74, 6) is -1.51. The number of rotatable bonds is 7. The van der Waals surface area contributed by atoms with Crippen LogP contribution < -0.4 is 4.90 Å². The molecule has 1 aliphatic rings. The number of nitrogens with zero attached hydrogens (tertiary/aromatic N) is 4. The number of imidazole rings is 1. The molecule has 0 aliphatic carbocycles. The average molecular weight is 465 g/mol. The lowest BCUT2D eigenvalue weighted by Gasteiger charge is -2.26. The molecule has 1 saturated heterocycles. The lowest BCUT2D eigenvalue weighted by Crippen LogP contribution is -2.31. The number of hydrogen-bond acceptors (Lipinski definition) is 5. The van der Waals surface area contributed by atoms with Crippen LogP contribution >= 0.6 is 11.6 Å². The van der Waals surface area contributed by atoms with Crippen LogP contribution in [0.3, 0.4) is 0 Å². The van der Waals surface area contributed by atoms with Crippen LogP contribution in [0.5, 0.6) is 0 Å². The van der Waals surface area contributed by atoms with Crippen LogP contribution in [0.4, 0.5) is 5.69 Å². The summed E-state index contributed by atoms with van der Waals surface area (Å²) in [5.41, 5.74) is 2.28. The summed E-state index contributed by atoms with van der Waals surface area (Å²) in [4.78, 5) is 33.7. The van der Waals surface area contributed by atoms with Gasteiger partial charge in [0.25, 0.3) is 11.7 Å². The van der Waals surface area contributed by atoms with Gasteiger partial charge in [-0.2, -0.15) is 0 Å². The Morgan fingerprint density at radius 2 is 1.76 bits per heavy atom. The number of likely N-dealkylation sites (tertiary alicyclic amines) is 1. The number of aryl methyl sites for hydroxylation is 1. The number of amides is 1. The van der Waals surface area contributed by atoms with Gasteiger partial charge in [0, 0.05) is 55.9 Å². The average Bonchev–Trinajstić information content (AvgIpc) is 3.41. The fourth-order valence-corrected chi connectivity index (χ4v) is 4.14. The molecule has 1 atom stereocenters. The summed E-state index contributed by atoms with van der Waals surface area (Å²) in [6, 6.07) is 13.5. The van der Waals surface area contributed by atoms with Crippen molar-refractivity contribution >= 4 is 34.7 Å². The second-order valence-electron chi connectivity index (χ2n) is 8.14. The van der Waals surface area contributed by atoms with Crippen molar-refractivity contribution < 1.29 is 14.7 Å². The highest BCUT2D eigenvalue weighted by molar-refractivity contribution is 6.46. The highest BCUT2D eigenvalue weighted by Crippen LogP contribution is 2.40. The van der Waals surface area contributed by atoms with Gasteiger partial charge in [-0.05, 0) is 48.4 Å². The van der Waals surface area contributed by atoms with E-state index in [0.29, 0.717) is 30.1 Å². The van der Waals surface area contributed by atoms with Crippen molar-refractivity contribution in [1.29, 1.82) is 0 Å². The van der Waals surface area contributed by atoms with Crippen LogP contribution in [0, 0.1) is 0 Å². The Morgan fingerprint density at radius 1 is 1.06 bits per heavy atom. The van der Waals surface area contributed by atoms with Crippen molar-refractivity contribution in [3.05, 3.63) is 89.0 Å². The SMILES string of the molecule is CN(C)c1ccc(C2/C(=C(\O)c3ccc(Cl)cc3)C(=O)C(=O)N2CCCn2ccnc2)cc1. The molecule has 0 bridgehead atoms. The number of halogens is 1. The van der Waals surface area contributed by atoms with Crippen LogP contribution in [0.25, 0.3) is 5.76 Å². The number of benzene rings is 2. The fourth-order valence-electron chi connectivity index (χ4n) is 4.02. The second-order valence-corrected chi connectivity index (χ2v) is 8.58. The Hall–Kier alpha value is -3.58. The molecule has 1 fully saturated rings. The van der Waals surface area contributed by atoms with Gasteiger partial charge in [0.15, 0.2) is 0 Å². The molecule has 0 radical (unpaired) electrons. The number of Topliss-reactive ketones (excluding diaryl/α,β-unsaturated/α-hetero) is 1. The van der Waals surface area contributed by atoms with Crippen molar-refractivity contribution in [2.24, 2.45) is 0 Å². The summed E-state index contributed by atoms with van der Waals surface area (Å²) >= 11 is 5.98. The van der Waals surface area contributed by atoms with E-state index in [4.69, 9.17) is 11.6 Å². The molecule has 1 amide bonds. The lowest BCUT2D eigenvalue weighted by molar-refractivity contribution is -0.139. The Balaban J connectivity index is 1.73. The predicted molar refractivity (Wildman–Crippen MR) is 128 cm³/mol. The summed E-state index contributed by atoms with van der Waals surface area (Å²) < 4.78 is 1.92. The molecule has 1 aliphatic heterocycles. The number of aliphatic hydroxyl groups excluding tert-OH is 1. The van der Waals surface area contributed by atoms with Crippen molar-refractivity contribution in [2.75, 3.05) is 25.5 Å². The van der Waals surface area contributed by atoms with Gasteiger partial charge in [-0.25, -0.2) is 4.98 Å². The van der Waals surface area contributed by atoms with E-state index in [1.807, 2.05) is 54.0 Å². The molecule has 8 heteroatoms. The summed E-state index contributed by atoms with van der Waals surface area (Å²) in [6.07, 6.45) is 5.90. The van der Waals surface area contributed by atoms with Crippen LogP contribution in [-0.4, -0.2) is 51.9 Å². The zero-order valence-corrected chi connectivity index (χ0v) is 19.2. The summed E-state index contributed by atoms with van der Waals surface area (Å²) in [7, 11) is 3.88. The predicted octanol–water partition coefficient (Wildman–Crippen LogP) is 4.11. The Bertz CT molecular complexity index is 1170. The van der Waals surface area contributed by atoms with E-state index in [2.05, 4.69) is 4.98 Å². The number of ketones is 1. The first kappa shape index (κ1) is 22.6. The molecule has 3 aromatic rings. The molecule has 1 aromatic heterocycles. The lowest BCUT2D eigenvalue weighted by atomic mass is 9.95. The van der Waals surface area contributed by atoms with Crippen molar-refractivity contribution in [3.8, 4) is 0 Å². The number of carbonyl (C=O) groups is 2. The monoisotopic (exact) mass is 464 g/mol. The van der Waals surface area contributed by atoms with Crippen LogP contribution in [0.1, 0.15) is 23.6 Å². The van der Waals surface area contributed by atoms with Crippen molar-refractivity contribution in [2.45, 2.75) is 19.0 Å². The molecule has 2 aromatic carbocycles. The molecule has 1 N–H and O–H groups in total. The van der Waals surface area contributed by atoms with Gasteiger partial charge in [-0.1, -0.05) is 23.7 Å². The van der Waals surface area contributed by atoms with E-state index in [1.165, 1.54) is 0 Å². The van der Waals surface area contributed by atoms with E-state index >= 15 is 0 Å².